The van der Waals surface area contributed by atoms with Crippen LogP contribution in [0.2, 0.25) is 0 Å². The number of nitrogens with one attached hydrogen (secondary N) is 2. The summed E-state index contributed by atoms with van der Waals surface area (Å²) in [7, 11) is 0. The Bertz CT molecular complexity index is 589. The van der Waals surface area contributed by atoms with E-state index in [0.29, 0.717) is 11.7 Å². The molecular formula is C16H19N3OS. The second-order valence-corrected chi connectivity index (χ2v) is 4.94. The number of thiocarbonyl (C=S) groups is 1. The minimum absolute atomic E-state index is 0.104. The highest BCUT2D eigenvalue weighted by Gasteiger charge is 2.08. The van der Waals surface area contributed by atoms with E-state index in [1.165, 1.54) is 0 Å². The zero-order valence-electron chi connectivity index (χ0n) is 12.2. The summed E-state index contributed by atoms with van der Waals surface area (Å²) in [6.07, 6.45) is 3.54. The Hall–Kier alpha value is -2.14. The quantitative estimate of drug-likeness (QED) is 0.827. The Labute approximate surface area is 130 Å². The van der Waals surface area contributed by atoms with E-state index in [-0.39, 0.29) is 6.04 Å². The highest BCUT2D eigenvalue weighted by Crippen LogP contribution is 2.23. The third-order valence-electron chi connectivity index (χ3n) is 2.99. The van der Waals surface area contributed by atoms with Crippen molar-refractivity contribution in [2.75, 3.05) is 11.9 Å². The van der Waals surface area contributed by atoms with Gasteiger partial charge in [0.25, 0.3) is 0 Å². The molecule has 0 saturated heterocycles. The second-order valence-electron chi connectivity index (χ2n) is 4.53. The van der Waals surface area contributed by atoms with Crippen LogP contribution in [-0.2, 0) is 0 Å². The van der Waals surface area contributed by atoms with E-state index >= 15 is 0 Å². The second kappa shape index (κ2) is 7.59. The Morgan fingerprint density at radius 1 is 1.24 bits per heavy atom. The first kappa shape index (κ1) is 15.3. The van der Waals surface area contributed by atoms with E-state index in [9.17, 15) is 0 Å². The van der Waals surface area contributed by atoms with Gasteiger partial charge in [-0.1, -0.05) is 12.1 Å². The topological polar surface area (TPSA) is 46.2 Å². The molecule has 1 unspecified atom stereocenters. The van der Waals surface area contributed by atoms with Gasteiger partial charge in [0.1, 0.15) is 5.75 Å². The molecule has 0 aliphatic carbocycles. The predicted molar refractivity (Wildman–Crippen MR) is 89.6 cm³/mol. The number of hydrogen-bond acceptors (Lipinski definition) is 3. The molecule has 0 amide bonds. The Balaban J connectivity index is 1.99. The Morgan fingerprint density at radius 3 is 2.67 bits per heavy atom. The van der Waals surface area contributed by atoms with Gasteiger partial charge < -0.3 is 15.4 Å². The molecule has 21 heavy (non-hydrogen) atoms. The van der Waals surface area contributed by atoms with Crippen LogP contribution in [0, 0.1) is 0 Å². The number of aromatic nitrogens is 1. The van der Waals surface area contributed by atoms with Crippen molar-refractivity contribution in [3.63, 3.8) is 0 Å². The maximum atomic E-state index is 5.57. The molecule has 0 bridgehead atoms. The summed E-state index contributed by atoms with van der Waals surface area (Å²) < 4.78 is 5.57. The molecule has 0 fully saturated rings. The molecule has 2 rings (SSSR count). The van der Waals surface area contributed by atoms with E-state index < -0.39 is 0 Å². The van der Waals surface area contributed by atoms with Gasteiger partial charge in [0.2, 0.25) is 0 Å². The lowest BCUT2D eigenvalue weighted by Crippen LogP contribution is -2.31. The van der Waals surface area contributed by atoms with Crippen molar-refractivity contribution >= 4 is 23.0 Å². The van der Waals surface area contributed by atoms with Gasteiger partial charge in [-0.05, 0) is 55.9 Å². The maximum absolute atomic E-state index is 5.57. The molecule has 2 N–H and O–H groups in total. The summed E-state index contributed by atoms with van der Waals surface area (Å²) >= 11 is 5.36. The molecule has 5 heteroatoms. The van der Waals surface area contributed by atoms with E-state index in [1.54, 1.807) is 12.4 Å². The van der Waals surface area contributed by atoms with Gasteiger partial charge in [0.15, 0.2) is 5.11 Å². The van der Waals surface area contributed by atoms with Crippen molar-refractivity contribution in [2.24, 2.45) is 0 Å². The van der Waals surface area contributed by atoms with Crippen molar-refractivity contribution in [1.82, 2.24) is 10.3 Å². The van der Waals surface area contributed by atoms with Crippen LogP contribution in [-0.4, -0.2) is 16.7 Å². The number of hydrogen-bond donors (Lipinski definition) is 2. The summed E-state index contributed by atoms with van der Waals surface area (Å²) in [6.45, 7) is 4.63. The van der Waals surface area contributed by atoms with Crippen molar-refractivity contribution in [2.45, 2.75) is 19.9 Å². The number of anilines is 1. The fourth-order valence-corrected chi connectivity index (χ4v) is 2.23. The lowest BCUT2D eigenvalue weighted by Gasteiger charge is -2.18. The smallest absolute Gasteiger partial charge is 0.171 e. The monoisotopic (exact) mass is 301 g/mol. The molecule has 0 radical (unpaired) electrons. The normalized spacial score (nSPS) is 11.5. The van der Waals surface area contributed by atoms with E-state index in [0.717, 1.165) is 17.0 Å². The highest BCUT2D eigenvalue weighted by molar-refractivity contribution is 7.80. The standard InChI is InChI=1S/C16H19N3OS/c1-3-20-15-7-5-4-6-14(15)19-16(21)18-12(2)13-8-10-17-11-9-13/h4-12H,3H2,1-2H3,(H2,18,19,21). The molecule has 4 nitrogen and oxygen atoms in total. The van der Waals surface area contributed by atoms with Crippen LogP contribution in [0.15, 0.2) is 48.8 Å². The third-order valence-corrected chi connectivity index (χ3v) is 3.21. The maximum Gasteiger partial charge on any atom is 0.171 e. The summed E-state index contributed by atoms with van der Waals surface area (Å²) in [5.41, 5.74) is 1.99. The van der Waals surface area contributed by atoms with Crippen LogP contribution in [0.5, 0.6) is 5.75 Å². The number of para-hydroxylation sites is 2. The summed E-state index contributed by atoms with van der Waals surface area (Å²) in [5.74, 6) is 0.792. The Morgan fingerprint density at radius 2 is 1.95 bits per heavy atom. The first-order chi connectivity index (χ1) is 10.2. The van der Waals surface area contributed by atoms with E-state index in [1.807, 2.05) is 43.3 Å². The van der Waals surface area contributed by atoms with Crippen molar-refractivity contribution in [3.8, 4) is 5.75 Å². The van der Waals surface area contributed by atoms with Crippen LogP contribution >= 0.6 is 12.2 Å². The highest BCUT2D eigenvalue weighted by atomic mass is 32.1. The van der Waals surface area contributed by atoms with Gasteiger partial charge in [0, 0.05) is 12.4 Å². The van der Waals surface area contributed by atoms with Crippen LogP contribution in [0.4, 0.5) is 5.69 Å². The Kier molecular flexibility index (Phi) is 5.51. The van der Waals surface area contributed by atoms with Crippen LogP contribution < -0.4 is 15.4 Å². The van der Waals surface area contributed by atoms with Crippen molar-refractivity contribution in [1.29, 1.82) is 0 Å². The molecule has 2 aromatic rings. The minimum Gasteiger partial charge on any atom is -0.492 e. The average molecular weight is 301 g/mol. The fourth-order valence-electron chi connectivity index (χ4n) is 1.94. The lowest BCUT2D eigenvalue weighted by molar-refractivity contribution is 0.342. The predicted octanol–water partition coefficient (Wildman–Crippen LogP) is 3.53. The molecular weight excluding hydrogens is 282 g/mol. The molecule has 0 saturated carbocycles. The van der Waals surface area contributed by atoms with E-state index in [2.05, 4.69) is 22.5 Å². The van der Waals surface area contributed by atoms with Gasteiger partial charge >= 0.3 is 0 Å². The van der Waals surface area contributed by atoms with Crippen LogP contribution in [0.3, 0.4) is 0 Å². The molecule has 1 atom stereocenters. The summed E-state index contributed by atoms with van der Waals surface area (Å²) in [6, 6.07) is 11.8. The van der Waals surface area contributed by atoms with E-state index in [4.69, 9.17) is 17.0 Å². The summed E-state index contributed by atoms with van der Waals surface area (Å²) in [5, 5.41) is 6.99. The van der Waals surface area contributed by atoms with Gasteiger partial charge in [-0.15, -0.1) is 0 Å². The zero-order valence-corrected chi connectivity index (χ0v) is 13.0. The largest absolute Gasteiger partial charge is 0.492 e. The zero-order chi connectivity index (χ0) is 15.1. The first-order valence-electron chi connectivity index (χ1n) is 6.90. The number of benzene rings is 1. The van der Waals surface area contributed by atoms with Gasteiger partial charge in [-0.3, -0.25) is 4.98 Å². The number of ether oxygens (including phenoxy) is 1. The molecule has 1 aromatic heterocycles. The third kappa shape index (κ3) is 4.43. The molecule has 0 spiro atoms. The SMILES string of the molecule is CCOc1ccccc1NC(=S)NC(C)c1ccncc1. The summed E-state index contributed by atoms with van der Waals surface area (Å²) in [4.78, 5) is 4.01. The fraction of sp³-hybridized carbons (Fsp3) is 0.250. The lowest BCUT2D eigenvalue weighted by atomic mass is 10.1. The number of rotatable bonds is 5. The van der Waals surface area contributed by atoms with Gasteiger partial charge in [-0.2, -0.15) is 0 Å². The van der Waals surface area contributed by atoms with Crippen molar-refractivity contribution in [3.05, 3.63) is 54.4 Å². The van der Waals surface area contributed by atoms with Gasteiger partial charge in [-0.25, -0.2) is 0 Å². The number of nitrogens with zero attached hydrogens (tertiary/aromatic N) is 1. The average Bonchev–Trinajstić information content (AvgIpc) is 2.50. The minimum atomic E-state index is 0.104. The molecule has 110 valence electrons. The first-order valence-corrected chi connectivity index (χ1v) is 7.30. The molecule has 1 heterocycles. The molecule has 0 aliphatic heterocycles. The number of pyridine rings is 1. The van der Waals surface area contributed by atoms with Gasteiger partial charge in [0.05, 0.1) is 18.3 Å². The van der Waals surface area contributed by atoms with Crippen LogP contribution in [0.1, 0.15) is 25.5 Å². The molecule has 1 aromatic carbocycles. The molecule has 0 aliphatic rings. The van der Waals surface area contributed by atoms with Crippen molar-refractivity contribution < 1.29 is 4.74 Å². The van der Waals surface area contributed by atoms with Crippen LogP contribution in [0.25, 0.3) is 0 Å².